The minimum Gasteiger partial charge on any atom is -0.444 e. The molecule has 2 atom stereocenters. The molecule has 0 aromatic heterocycles. The van der Waals surface area contributed by atoms with Gasteiger partial charge in [-0.2, -0.15) is 0 Å². The van der Waals surface area contributed by atoms with Crippen LogP contribution in [0.1, 0.15) is 40.0 Å². The molecular weight excluding hydrogens is 202 g/mol. The van der Waals surface area contributed by atoms with Crippen molar-refractivity contribution >= 4 is 6.09 Å². The summed E-state index contributed by atoms with van der Waals surface area (Å²) in [5.41, 5.74) is -0.419. The summed E-state index contributed by atoms with van der Waals surface area (Å²) in [4.78, 5) is 11.5. The molecule has 1 amide bonds. The number of hydrogen-bond acceptors (Lipinski definition) is 2. The normalized spacial score (nSPS) is 25.2. The van der Waals surface area contributed by atoms with E-state index in [9.17, 15) is 4.79 Å². The molecule has 16 heavy (non-hydrogen) atoms. The van der Waals surface area contributed by atoms with E-state index in [1.54, 1.807) is 0 Å². The fourth-order valence-corrected chi connectivity index (χ4v) is 2.16. The average molecular weight is 225 g/mol. The second-order valence-electron chi connectivity index (χ2n) is 5.47. The molecular formula is C13H23NO2. The maximum absolute atomic E-state index is 11.5. The van der Waals surface area contributed by atoms with Crippen molar-refractivity contribution in [1.82, 2.24) is 5.32 Å². The Morgan fingerprint density at radius 2 is 2.19 bits per heavy atom. The van der Waals surface area contributed by atoms with Crippen LogP contribution in [-0.4, -0.2) is 18.2 Å². The van der Waals surface area contributed by atoms with Crippen molar-refractivity contribution in [2.24, 2.45) is 11.8 Å². The van der Waals surface area contributed by atoms with E-state index in [4.69, 9.17) is 4.74 Å². The van der Waals surface area contributed by atoms with E-state index in [0.717, 1.165) is 0 Å². The van der Waals surface area contributed by atoms with Crippen LogP contribution in [0.2, 0.25) is 0 Å². The smallest absolute Gasteiger partial charge is 0.407 e. The number of ether oxygens (including phenoxy) is 1. The molecule has 1 saturated carbocycles. The van der Waals surface area contributed by atoms with Gasteiger partial charge in [0.15, 0.2) is 0 Å². The predicted molar refractivity (Wildman–Crippen MR) is 65.3 cm³/mol. The summed E-state index contributed by atoms with van der Waals surface area (Å²) < 4.78 is 5.19. The number of alkyl carbamates (subject to hydrolysis) is 1. The Morgan fingerprint density at radius 3 is 2.75 bits per heavy atom. The summed E-state index contributed by atoms with van der Waals surface area (Å²) in [5, 5.41) is 2.84. The van der Waals surface area contributed by atoms with Gasteiger partial charge in [0.2, 0.25) is 0 Å². The van der Waals surface area contributed by atoms with Gasteiger partial charge in [-0.25, -0.2) is 4.79 Å². The van der Waals surface area contributed by atoms with Crippen molar-refractivity contribution in [3.05, 3.63) is 12.7 Å². The van der Waals surface area contributed by atoms with Gasteiger partial charge >= 0.3 is 6.09 Å². The first-order valence-corrected chi connectivity index (χ1v) is 6.02. The van der Waals surface area contributed by atoms with Gasteiger partial charge in [-0.15, -0.1) is 6.58 Å². The van der Waals surface area contributed by atoms with Crippen LogP contribution in [0.25, 0.3) is 0 Å². The highest BCUT2D eigenvalue weighted by atomic mass is 16.6. The largest absolute Gasteiger partial charge is 0.444 e. The number of hydrogen-bond donors (Lipinski definition) is 1. The Balaban J connectivity index is 2.29. The number of nitrogens with one attached hydrogen (secondary N) is 1. The Bertz CT molecular complexity index is 255. The highest BCUT2D eigenvalue weighted by Crippen LogP contribution is 2.31. The summed E-state index contributed by atoms with van der Waals surface area (Å²) in [6, 6.07) is 0. The molecule has 1 rings (SSSR count). The van der Waals surface area contributed by atoms with Gasteiger partial charge in [0.25, 0.3) is 0 Å². The van der Waals surface area contributed by atoms with Crippen molar-refractivity contribution in [2.45, 2.75) is 45.6 Å². The summed E-state index contributed by atoms with van der Waals surface area (Å²) in [5.74, 6) is 1.08. The standard InChI is InChI=1S/C13H23NO2/c1-5-10-7-6-8-11(10)9-14-12(15)16-13(2,3)4/h5,10-11H,1,6-9H2,2-4H3,(H,14,15)/t10-,11+/m0/s1. The molecule has 0 aliphatic heterocycles. The highest BCUT2D eigenvalue weighted by Gasteiger charge is 2.25. The molecule has 0 saturated heterocycles. The van der Waals surface area contributed by atoms with Crippen molar-refractivity contribution in [3.8, 4) is 0 Å². The molecule has 0 heterocycles. The first-order chi connectivity index (χ1) is 7.42. The van der Waals surface area contributed by atoms with E-state index in [1.165, 1.54) is 19.3 Å². The fourth-order valence-electron chi connectivity index (χ4n) is 2.16. The zero-order valence-electron chi connectivity index (χ0n) is 10.6. The molecule has 3 nitrogen and oxygen atoms in total. The molecule has 92 valence electrons. The van der Waals surface area contributed by atoms with Gasteiger partial charge in [0.05, 0.1) is 0 Å². The SMILES string of the molecule is C=C[C@H]1CCC[C@@H]1CNC(=O)OC(C)(C)C. The van der Waals surface area contributed by atoms with Crippen LogP contribution in [0.3, 0.4) is 0 Å². The number of carbonyl (C=O) groups excluding carboxylic acids is 1. The monoisotopic (exact) mass is 225 g/mol. The van der Waals surface area contributed by atoms with Crippen LogP contribution >= 0.6 is 0 Å². The quantitative estimate of drug-likeness (QED) is 0.749. The lowest BCUT2D eigenvalue weighted by Crippen LogP contribution is -2.35. The molecule has 1 aliphatic rings. The van der Waals surface area contributed by atoms with Gasteiger partial charge in [-0.05, 0) is 45.4 Å². The molecule has 0 spiro atoms. The Kier molecular flexibility index (Phi) is 4.39. The molecule has 3 heteroatoms. The van der Waals surface area contributed by atoms with E-state index in [2.05, 4.69) is 11.9 Å². The van der Waals surface area contributed by atoms with Crippen molar-refractivity contribution in [3.63, 3.8) is 0 Å². The zero-order chi connectivity index (χ0) is 12.2. The first-order valence-electron chi connectivity index (χ1n) is 6.02. The summed E-state index contributed by atoms with van der Waals surface area (Å²) >= 11 is 0. The van der Waals surface area contributed by atoms with Crippen molar-refractivity contribution < 1.29 is 9.53 Å². The molecule has 0 unspecified atom stereocenters. The van der Waals surface area contributed by atoms with Crippen LogP contribution in [0.5, 0.6) is 0 Å². The number of rotatable bonds is 3. The first kappa shape index (κ1) is 13.1. The Labute approximate surface area is 98.2 Å². The van der Waals surface area contributed by atoms with E-state index in [-0.39, 0.29) is 6.09 Å². The third-order valence-corrected chi connectivity index (χ3v) is 2.93. The number of allylic oxidation sites excluding steroid dienone is 1. The molecule has 0 radical (unpaired) electrons. The lowest BCUT2D eigenvalue weighted by atomic mass is 9.96. The molecule has 1 aliphatic carbocycles. The van der Waals surface area contributed by atoms with Crippen LogP contribution < -0.4 is 5.32 Å². The minimum absolute atomic E-state index is 0.317. The van der Waals surface area contributed by atoms with Crippen LogP contribution in [0.15, 0.2) is 12.7 Å². The fraction of sp³-hybridized carbons (Fsp3) is 0.769. The second-order valence-corrected chi connectivity index (χ2v) is 5.47. The maximum Gasteiger partial charge on any atom is 0.407 e. The van der Waals surface area contributed by atoms with Gasteiger partial charge in [0, 0.05) is 6.54 Å². The average Bonchev–Trinajstić information content (AvgIpc) is 2.59. The van der Waals surface area contributed by atoms with Crippen LogP contribution in [0, 0.1) is 11.8 Å². The lowest BCUT2D eigenvalue weighted by Gasteiger charge is -2.21. The lowest BCUT2D eigenvalue weighted by molar-refractivity contribution is 0.0517. The van der Waals surface area contributed by atoms with E-state index >= 15 is 0 Å². The van der Waals surface area contributed by atoms with Crippen molar-refractivity contribution in [2.75, 3.05) is 6.54 Å². The van der Waals surface area contributed by atoms with Crippen LogP contribution in [-0.2, 0) is 4.74 Å². The minimum atomic E-state index is -0.419. The van der Waals surface area contributed by atoms with Crippen molar-refractivity contribution in [1.29, 1.82) is 0 Å². The van der Waals surface area contributed by atoms with Gasteiger partial charge in [-0.3, -0.25) is 0 Å². The molecule has 0 aromatic rings. The van der Waals surface area contributed by atoms with E-state index in [1.807, 2.05) is 26.8 Å². The topological polar surface area (TPSA) is 38.3 Å². The molecule has 0 aromatic carbocycles. The van der Waals surface area contributed by atoms with Gasteiger partial charge in [0.1, 0.15) is 5.60 Å². The number of amides is 1. The summed E-state index contributed by atoms with van der Waals surface area (Å²) in [6.45, 7) is 10.1. The predicted octanol–water partition coefficient (Wildman–Crippen LogP) is 3.11. The Morgan fingerprint density at radius 1 is 1.50 bits per heavy atom. The summed E-state index contributed by atoms with van der Waals surface area (Å²) in [6.07, 6.45) is 5.30. The van der Waals surface area contributed by atoms with Gasteiger partial charge in [-0.1, -0.05) is 12.5 Å². The second kappa shape index (κ2) is 5.37. The molecule has 0 bridgehead atoms. The maximum atomic E-state index is 11.5. The van der Waals surface area contributed by atoms with E-state index in [0.29, 0.717) is 18.4 Å². The molecule has 1 N–H and O–H groups in total. The van der Waals surface area contributed by atoms with Crippen LogP contribution in [0.4, 0.5) is 4.79 Å². The zero-order valence-corrected chi connectivity index (χ0v) is 10.6. The van der Waals surface area contributed by atoms with E-state index < -0.39 is 5.60 Å². The third-order valence-electron chi connectivity index (χ3n) is 2.93. The summed E-state index contributed by atoms with van der Waals surface area (Å²) in [7, 11) is 0. The number of carbonyl (C=O) groups is 1. The highest BCUT2D eigenvalue weighted by molar-refractivity contribution is 5.67. The van der Waals surface area contributed by atoms with Gasteiger partial charge < -0.3 is 10.1 Å². The third kappa shape index (κ3) is 4.25. The Hall–Kier alpha value is -0.990. The molecule has 1 fully saturated rings.